The molecule has 1 aromatic heterocycles. The summed E-state index contributed by atoms with van der Waals surface area (Å²) in [6.07, 6.45) is 0. The van der Waals surface area contributed by atoms with Gasteiger partial charge >= 0.3 is 6.61 Å². The molecule has 1 aromatic carbocycles. The van der Waals surface area contributed by atoms with E-state index in [1.165, 1.54) is 25.3 Å². The Balaban J connectivity index is 2.06. The molecule has 6 nitrogen and oxygen atoms in total. The Labute approximate surface area is 131 Å². The maximum absolute atomic E-state index is 12.3. The van der Waals surface area contributed by atoms with Crippen LogP contribution in [0.1, 0.15) is 27.7 Å². The minimum absolute atomic E-state index is 0.0424. The van der Waals surface area contributed by atoms with Gasteiger partial charge in [-0.1, -0.05) is 0 Å². The number of nitrogens with zero attached hydrogens (tertiary/aromatic N) is 1. The van der Waals surface area contributed by atoms with Crippen LogP contribution >= 0.6 is 0 Å². The number of rotatable bonds is 6. The van der Waals surface area contributed by atoms with Gasteiger partial charge < -0.3 is 19.2 Å². The molecule has 0 atom stereocenters. The van der Waals surface area contributed by atoms with Gasteiger partial charge in [-0.3, -0.25) is 4.79 Å². The first-order valence-corrected chi connectivity index (χ1v) is 6.74. The smallest absolute Gasteiger partial charge is 0.387 e. The molecule has 0 fully saturated rings. The van der Waals surface area contributed by atoms with Crippen LogP contribution in [-0.4, -0.2) is 24.6 Å². The van der Waals surface area contributed by atoms with E-state index < -0.39 is 12.5 Å². The van der Waals surface area contributed by atoms with Crippen molar-refractivity contribution in [2.75, 3.05) is 7.11 Å². The number of hydrogen-bond donors (Lipinski definition) is 1. The summed E-state index contributed by atoms with van der Waals surface area (Å²) in [6, 6.07) is 3.93. The predicted molar refractivity (Wildman–Crippen MR) is 76.8 cm³/mol. The normalized spacial score (nSPS) is 10.7. The molecule has 0 unspecified atom stereocenters. The summed E-state index contributed by atoms with van der Waals surface area (Å²) in [6.45, 7) is 0.724. The van der Waals surface area contributed by atoms with E-state index >= 15 is 0 Å². The molecule has 0 aliphatic carbocycles. The summed E-state index contributed by atoms with van der Waals surface area (Å²) in [5.41, 5.74) is 0.993. The minimum atomic E-state index is -2.97. The molecular formula is C15H16F2N2O4. The predicted octanol–water partition coefficient (Wildman–Crippen LogP) is 2.83. The molecule has 0 aliphatic heterocycles. The number of methoxy groups -OCH3 is 1. The molecule has 124 valence electrons. The fourth-order valence-electron chi connectivity index (χ4n) is 1.87. The third kappa shape index (κ3) is 4.18. The number of aromatic nitrogens is 1. The number of hydrogen-bond acceptors (Lipinski definition) is 5. The van der Waals surface area contributed by atoms with Gasteiger partial charge in [0.05, 0.1) is 19.3 Å². The van der Waals surface area contributed by atoms with Crippen molar-refractivity contribution < 1.29 is 27.5 Å². The second-order valence-electron chi connectivity index (χ2n) is 4.68. The maximum Gasteiger partial charge on any atom is 0.387 e. The number of benzene rings is 1. The number of carbonyl (C=O) groups is 1. The zero-order valence-electron chi connectivity index (χ0n) is 12.9. The molecule has 23 heavy (non-hydrogen) atoms. The van der Waals surface area contributed by atoms with Crippen molar-refractivity contribution in [3.8, 4) is 11.5 Å². The number of oxazole rings is 1. The lowest BCUT2D eigenvalue weighted by Crippen LogP contribution is -2.23. The molecule has 0 aliphatic rings. The molecule has 0 radical (unpaired) electrons. The average molecular weight is 326 g/mol. The Morgan fingerprint density at radius 1 is 1.35 bits per heavy atom. The fraction of sp³-hybridized carbons (Fsp3) is 0.333. The van der Waals surface area contributed by atoms with E-state index in [0.717, 1.165) is 5.69 Å². The lowest BCUT2D eigenvalue weighted by Gasteiger charge is -2.11. The van der Waals surface area contributed by atoms with Gasteiger partial charge in [0.25, 0.3) is 5.91 Å². The topological polar surface area (TPSA) is 73.6 Å². The first-order valence-electron chi connectivity index (χ1n) is 6.74. The molecule has 0 spiro atoms. The summed E-state index contributed by atoms with van der Waals surface area (Å²) in [5, 5.41) is 2.63. The van der Waals surface area contributed by atoms with E-state index in [1.807, 2.05) is 0 Å². The van der Waals surface area contributed by atoms with Crippen LogP contribution < -0.4 is 14.8 Å². The molecule has 2 aromatic rings. The Kier molecular flexibility index (Phi) is 5.15. The molecule has 2 rings (SSSR count). The van der Waals surface area contributed by atoms with Crippen LogP contribution in [0.4, 0.5) is 8.78 Å². The van der Waals surface area contributed by atoms with Crippen LogP contribution in [0.5, 0.6) is 11.5 Å². The standard InChI is InChI=1S/C15H16F2N2O4/c1-8-9(2)22-13(19-8)7-18-14(20)10-4-5-11(23-15(16)17)12(6-10)21-3/h4-6,15H,7H2,1-3H3,(H,18,20). The average Bonchev–Trinajstić information content (AvgIpc) is 2.83. The monoisotopic (exact) mass is 326 g/mol. The highest BCUT2D eigenvalue weighted by molar-refractivity contribution is 5.94. The lowest BCUT2D eigenvalue weighted by molar-refractivity contribution is -0.0512. The van der Waals surface area contributed by atoms with Crippen LogP contribution in [0.3, 0.4) is 0 Å². The SMILES string of the molecule is COc1cc(C(=O)NCc2nc(C)c(C)o2)ccc1OC(F)F. The van der Waals surface area contributed by atoms with Gasteiger partial charge in [-0.25, -0.2) is 4.98 Å². The highest BCUT2D eigenvalue weighted by Crippen LogP contribution is 2.29. The quantitative estimate of drug-likeness (QED) is 0.883. The molecule has 1 amide bonds. The highest BCUT2D eigenvalue weighted by atomic mass is 19.3. The summed E-state index contributed by atoms with van der Waals surface area (Å²) >= 11 is 0. The second-order valence-corrected chi connectivity index (χ2v) is 4.68. The number of nitrogens with one attached hydrogen (secondary N) is 1. The Morgan fingerprint density at radius 2 is 2.09 bits per heavy atom. The molecule has 0 saturated carbocycles. The summed E-state index contributed by atoms with van der Waals surface area (Å²) < 4.78 is 39.1. The number of halogens is 2. The third-order valence-electron chi connectivity index (χ3n) is 3.11. The summed E-state index contributed by atoms with van der Waals surface area (Å²) in [4.78, 5) is 16.2. The Hall–Kier alpha value is -2.64. The summed E-state index contributed by atoms with van der Waals surface area (Å²) in [5.74, 6) is 0.557. The third-order valence-corrected chi connectivity index (χ3v) is 3.11. The van der Waals surface area contributed by atoms with Gasteiger partial charge in [0.15, 0.2) is 11.5 Å². The van der Waals surface area contributed by atoms with Gasteiger partial charge in [0.1, 0.15) is 5.76 Å². The van der Waals surface area contributed by atoms with Crippen molar-refractivity contribution in [2.24, 2.45) is 0 Å². The van der Waals surface area contributed by atoms with Crippen LogP contribution in [0, 0.1) is 13.8 Å². The lowest BCUT2D eigenvalue weighted by atomic mass is 10.2. The van der Waals surface area contributed by atoms with Crippen molar-refractivity contribution in [1.29, 1.82) is 0 Å². The minimum Gasteiger partial charge on any atom is -0.493 e. The second kappa shape index (κ2) is 7.08. The zero-order chi connectivity index (χ0) is 17.0. The first-order chi connectivity index (χ1) is 10.9. The van der Waals surface area contributed by atoms with E-state index in [4.69, 9.17) is 9.15 Å². The number of amides is 1. The number of ether oxygens (including phenoxy) is 2. The molecule has 0 bridgehead atoms. The number of aryl methyl sites for hydroxylation is 2. The maximum atomic E-state index is 12.3. The van der Waals surface area contributed by atoms with Crippen LogP contribution in [-0.2, 0) is 6.54 Å². The molecule has 8 heteroatoms. The molecule has 1 heterocycles. The highest BCUT2D eigenvalue weighted by Gasteiger charge is 2.15. The van der Waals surface area contributed by atoms with Gasteiger partial charge in [-0.2, -0.15) is 8.78 Å². The van der Waals surface area contributed by atoms with Crippen molar-refractivity contribution in [3.63, 3.8) is 0 Å². The van der Waals surface area contributed by atoms with Crippen molar-refractivity contribution in [3.05, 3.63) is 41.1 Å². The van der Waals surface area contributed by atoms with E-state index in [1.54, 1.807) is 13.8 Å². The van der Waals surface area contributed by atoms with Crippen LogP contribution in [0.2, 0.25) is 0 Å². The zero-order valence-corrected chi connectivity index (χ0v) is 12.9. The summed E-state index contributed by atoms with van der Waals surface area (Å²) in [7, 11) is 1.30. The van der Waals surface area contributed by atoms with Gasteiger partial charge in [0, 0.05) is 5.56 Å². The van der Waals surface area contributed by atoms with E-state index in [-0.39, 0.29) is 23.6 Å². The van der Waals surface area contributed by atoms with Crippen LogP contribution in [0.25, 0.3) is 0 Å². The molecular weight excluding hydrogens is 310 g/mol. The van der Waals surface area contributed by atoms with Crippen molar-refractivity contribution >= 4 is 5.91 Å². The van der Waals surface area contributed by atoms with Crippen molar-refractivity contribution in [2.45, 2.75) is 27.0 Å². The Bertz CT molecular complexity index is 681. The van der Waals surface area contributed by atoms with Gasteiger partial charge in [0.2, 0.25) is 5.89 Å². The largest absolute Gasteiger partial charge is 0.493 e. The van der Waals surface area contributed by atoms with E-state index in [2.05, 4.69) is 15.0 Å². The van der Waals surface area contributed by atoms with Gasteiger partial charge in [-0.05, 0) is 32.0 Å². The van der Waals surface area contributed by atoms with Crippen LogP contribution in [0.15, 0.2) is 22.6 Å². The molecule has 1 N–H and O–H groups in total. The van der Waals surface area contributed by atoms with Crippen molar-refractivity contribution in [1.82, 2.24) is 10.3 Å². The number of alkyl halides is 2. The first kappa shape index (κ1) is 16.7. The van der Waals surface area contributed by atoms with Gasteiger partial charge in [-0.15, -0.1) is 0 Å². The van der Waals surface area contributed by atoms with E-state index in [9.17, 15) is 13.6 Å². The Morgan fingerprint density at radius 3 is 2.65 bits per heavy atom. The molecule has 0 saturated heterocycles. The fourth-order valence-corrected chi connectivity index (χ4v) is 1.87. The van der Waals surface area contributed by atoms with E-state index in [0.29, 0.717) is 11.7 Å². The number of carbonyl (C=O) groups excluding carboxylic acids is 1.